The summed E-state index contributed by atoms with van der Waals surface area (Å²) in [4.78, 5) is 0. The highest BCUT2D eigenvalue weighted by atomic mass is 79.9. The molecule has 6 nitrogen and oxygen atoms in total. The van der Waals surface area contributed by atoms with Crippen molar-refractivity contribution in [3.8, 4) is 11.5 Å². The fourth-order valence-corrected chi connectivity index (χ4v) is 2.56. The Morgan fingerprint density at radius 1 is 0.500 bits per heavy atom. The maximum atomic E-state index is 5.77. The highest BCUT2D eigenvalue weighted by Crippen LogP contribution is 2.36. The molecule has 1 aliphatic heterocycles. The summed E-state index contributed by atoms with van der Waals surface area (Å²) in [7, 11) is 0. The van der Waals surface area contributed by atoms with Crippen molar-refractivity contribution >= 4 is 31.9 Å². The molecular formula is C16H22Br2O6. The van der Waals surface area contributed by atoms with E-state index in [9.17, 15) is 0 Å². The van der Waals surface area contributed by atoms with E-state index < -0.39 is 0 Å². The molecule has 1 aromatic carbocycles. The third kappa shape index (κ3) is 7.67. The maximum absolute atomic E-state index is 5.77. The van der Waals surface area contributed by atoms with Crippen molar-refractivity contribution in [3.05, 3.63) is 21.1 Å². The lowest BCUT2D eigenvalue weighted by atomic mass is 10.3. The number of hydrogen-bond acceptors (Lipinski definition) is 6. The van der Waals surface area contributed by atoms with Gasteiger partial charge in [0.1, 0.15) is 13.2 Å². The summed E-state index contributed by atoms with van der Waals surface area (Å²) < 4.78 is 35.1. The molecule has 1 aromatic rings. The van der Waals surface area contributed by atoms with Crippen LogP contribution in [0.3, 0.4) is 0 Å². The van der Waals surface area contributed by atoms with Gasteiger partial charge in [-0.25, -0.2) is 0 Å². The Labute approximate surface area is 158 Å². The molecule has 1 aliphatic rings. The fraction of sp³-hybridized carbons (Fsp3) is 0.625. The topological polar surface area (TPSA) is 55.4 Å². The van der Waals surface area contributed by atoms with E-state index in [2.05, 4.69) is 31.9 Å². The molecule has 0 unspecified atom stereocenters. The molecule has 0 fully saturated rings. The molecule has 0 aliphatic carbocycles. The van der Waals surface area contributed by atoms with Crippen LogP contribution in [-0.2, 0) is 18.9 Å². The minimum Gasteiger partial charge on any atom is -0.487 e. The zero-order chi connectivity index (χ0) is 17.0. The van der Waals surface area contributed by atoms with E-state index in [1.54, 1.807) is 0 Å². The van der Waals surface area contributed by atoms with Crippen molar-refractivity contribution in [3.63, 3.8) is 0 Å². The van der Waals surface area contributed by atoms with Gasteiger partial charge in [-0.05, 0) is 44.0 Å². The van der Waals surface area contributed by atoms with E-state index in [-0.39, 0.29) is 0 Å². The second kappa shape index (κ2) is 12.1. The van der Waals surface area contributed by atoms with Crippen LogP contribution >= 0.6 is 31.9 Å². The molecular weight excluding hydrogens is 448 g/mol. The van der Waals surface area contributed by atoms with Gasteiger partial charge in [-0.3, -0.25) is 0 Å². The summed E-state index contributed by atoms with van der Waals surface area (Å²) in [5.41, 5.74) is 0. The maximum Gasteiger partial charge on any atom is 0.162 e. The first-order valence-electron chi connectivity index (χ1n) is 7.83. The zero-order valence-electron chi connectivity index (χ0n) is 13.4. The molecule has 0 N–H and O–H groups in total. The largest absolute Gasteiger partial charge is 0.487 e. The lowest BCUT2D eigenvalue weighted by Gasteiger charge is -2.15. The van der Waals surface area contributed by atoms with Gasteiger partial charge in [0.05, 0.1) is 52.9 Å². The minimum absolute atomic E-state index is 0.435. The van der Waals surface area contributed by atoms with E-state index in [0.29, 0.717) is 77.6 Å². The number of fused-ring (bicyclic) bond motifs is 1. The Kier molecular flexibility index (Phi) is 10.0. The van der Waals surface area contributed by atoms with Crippen LogP contribution in [0.5, 0.6) is 11.5 Å². The predicted molar refractivity (Wildman–Crippen MR) is 96.1 cm³/mol. The first-order valence-corrected chi connectivity index (χ1v) is 9.41. The fourth-order valence-electron chi connectivity index (χ4n) is 1.92. The van der Waals surface area contributed by atoms with Gasteiger partial charge in [0.25, 0.3) is 0 Å². The zero-order valence-corrected chi connectivity index (χ0v) is 16.6. The van der Waals surface area contributed by atoms with Crippen LogP contribution < -0.4 is 9.47 Å². The van der Waals surface area contributed by atoms with E-state index >= 15 is 0 Å². The van der Waals surface area contributed by atoms with Crippen LogP contribution in [0.1, 0.15) is 0 Å². The predicted octanol–water partition coefficient (Wildman–Crippen LogP) is 3.05. The number of hydrogen-bond donors (Lipinski definition) is 0. The quantitative estimate of drug-likeness (QED) is 0.582. The molecule has 0 aromatic heterocycles. The van der Waals surface area contributed by atoms with Crippen LogP contribution in [0.2, 0.25) is 0 Å². The van der Waals surface area contributed by atoms with Crippen LogP contribution in [0, 0.1) is 0 Å². The van der Waals surface area contributed by atoms with Crippen molar-refractivity contribution in [2.24, 2.45) is 0 Å². The molecule has 1 heterocycles. The van der Waals surface area contributed by atoms with Crippen molar-refractivity contribution in [1.82, 2.24) is 0 Å². The summed E-state index contributed by atoms with van der Waals surface area (Å²) in [5.74, 6) is 1.32. The van der Waals surface area contributed by atoms with Gasteiger partial charge in [-0.2, -0.15) is 0 Å². The third-order valence-electron chi connectivity index (χ3n) is 3.07. The highest BCUT2D eigenvalue weighted by Gasteiger charge is 2.10. The Bertz CT molecular complexity index is 443. The summed E-state index contributed by atoms with van der Waals surface area (Å²) in [6.07, 6.45) is 0. The first-order chi connectivity index (χ1) is 11.8. The summed E-state index contributed by atoms with van der Waals surface area (Å²) >= 11 is 6.94. The second-order valence-corrected chi connectivity index (χ2v) is 6.57. The Morgan fingerprint density at radius 2 is 0.792 bits per heavy atom. The van der Waals surface area contributed by atoms with Gasteiger partial charge in [-0.1, -0.05) is 0 Å². The van der Waals surface area contributed by atoms with Gasteiger partial charge in [0, 0.05) is 8.95 Å². The van der Waals surface area contributed by atoms with Crippen LogP contribution in [0.4, 0.5) is 0 Å². The average Bonchev–Trinajstić information content (AvgIpc) is 2.57. The molecule has 0 saturated heterocycles. The standard InChI is InChI=1S/C16H22Br2O6/c17-13-11-15-16(12-14(13)18)24-10-8-22-6-4-20-2-1-19-3-5-21-7-9-23-15/h11-12H,1-10H2. The van der Waals surface area contributed by atoms with E-state index in [0.717, 1.165) is 8.95 Å². The van der Waals surface area contributed by atoms with Crippen LogP contribution in [-0.4, -0.2) is 66.1 Å². The lowest BCUT2D eigenvalue weighted by molar-refractivity contribution is -0.00842. The Morgan fingerprint density at radius 3 is 1.12 bits per heavy atom. The summed E-state index contributed by atoms with van der Waals surface area (Å²) in [6, 6.07) is 3.74. The average molecular weight is 470 g/mol. The van der Waals surface area contributed by atoms with Gasteiger partial charge in [0.2, 0.25) is 0 Å². The number of ether oxygens (including phenoxy) is 6. The number of benzene rings is 1. The van der Waals surface area contributed by atoms with Crippen molar-refractivity contribution in [2.45, 2.75) is 0 Å². The van der Waals surface area contributed by atoms with E-state index in [1.807, 2.05) is 12.1 Å². The van der Waals surface area contributed by atoms with Gasteiger partial charge < -0.3 is 28.4 Å². The lowest BCUT2D eigenvalue weighted by Crippen LogP contribution is -2.16. The van der Waals surface area contributed by atoms with Gasteiger partial charge >= 0.3 is 0 Å². The normalized spacial score (nSPS) is 19.2. The number of rotatable bonds is 0. The molecule has 0 amide bonds. The summed E-state index contributed by atoms with van der Waals surface area (Å²) in [5, 5.41) is 0. The molecule has 8 heteroatoms. The molecule has 0 atom stereocenters. The monoisotopic (exact) mass is 468 g/mol. The van der Waals surface area contributed by atoms with Crippen LogP contribution in [0.25, 0.3) is 0 Å². The van der Waals surface area contributed by atoms with Crippen molar-refractivity contribution in [2.75, 3.05) is 66.1 Å². The van der Waals surface area contributed by atoms with E-state index in [4.69, 9.17) is 28.4 Å². The molecule has 0 bridgehead atoms. The summed E-state index contributed by atoms with van der Waals surface area (Å²) in [6.45, 7) is 5.08. The molecule has 24 heavy (non-hydrogen) atoms. The first kappa shape index (κ1) is 19.9. The molecule has 0 spiro atoms. The van der Waals surface area contributed by atoms with Crippen LogP contribution in [0.15, 0.2) is 21.1 Å². The Hall–Kier alpha value is -0.380. The Balaban J connectivity index is 1.90. The van der Waals surface area contributed by atoms with E-state index in [1.165, 1.54) is 0 Å². The molecule has 0 radical (unpaired) electrons. The van der Waals surface area contributed by atoms with Crippen molar-refractivity contribution < 1.29 is 28.4 Å². The highest BCUT2D eigenvalue weighted by molar-refractivity contribution is 9.13. The minimum atomic E-state index is 0.435. The SMILES string of the molecule is Brc1cc2c(cc1Br)OCCOCCOCCOCCOCCO2. The van der Waals surface area contributed by atoms with Crippen molar-refractivity contribution in [1.29, 1.82) is 0 Å². The molecule has 136 valence electrons. The molecule has 2 rings (SSSR count). The van der Waals surface area contributed by atoms with Gasteiger partial charge in [-0.15, -0.1) is 0 Å². The van der Waals surface area contributed by atoms with Gasteiger partial charge in [0.15, 0.2) is 11.5 Å². The third-order valence-corrected chi connectivity index (χ3v) is 4.92. The number of halogens is 2. The smallest absolute Gasteiger partial charge is 0.162 e. The molecule has 0 saturated carbocycles. The second-order valence-electron chi connectivity index (χ2n) is 4.86.